The smallest absolute Gasteiger partial charge is 0.316 e. The van der Waals surface area contributed by atoms with Crippen LogP contribution >= 0.6 is 0 Å². The Morgan fingerprint density at radius 1 is 0.900 bits per heavy atom. The largest absolute Gasteiger partial charge is 0.422 e. The maximum atomic E-state index is 13.3. The van der Waals surface area contributed by atoms with Gasteiger partial charge in [-0.05, 0) is 24.1 Å². The number of hydrogen-bond acceptors (Lipinski definition) is 4. The average Bonchev–Trinajstić information content (AvgIpc) is 3.23. The van der Waals surface area contributed by atoms with Gasteiger partial charge in [-0.3, -0.25) is 0 Å². The summed E-state index contributed by atoms with van der Waals surface area (Å²) in [5.74, 6) is 0.411. The lowest BCUT2D eigenvalue weighted by atomic mass is 10.1. The van der Waals surface area contributed by atoms with Gasteiger partial charge in [0.2, 0.25) is 0 Å². The van der Waals surface area contributed by atoms with Crippen LogP contribution in [0.4, 0.5) is 10.4 Å². The van der Waals surface area contributed by atoms with Gasteiger partial charge in [-0.1, -0.05) is 86.1 Å². The quantitative estimate of drug-likeness (QED) is 0.276. The summed E-state index contributed by atoms with van der Waals surface area (Å²) in [4.78, 5) is 4.65. The van der Waals surface area contributed by atoms with Crippen LogP contribution in [0.5, 0.6) is 0 Å². The number of aromatic nitrogens is 1. The summed E-state index contributed by atoms with van der Waals surface area (Å²) in [6.07, 6.45) is 1.66. The fourth-order valence-corrected chi connectivity index (χ4v) is 3.20. The Labute approximate surface area is 175 Å². The molecule has 0 saturated carbocycles. The van der Waals surface area contributed by atoms with Gasteiger partial charge in [0.1, 0.15) is 11.5 Å². The molecule has 4 nitrogen and oxygen atoms in total. The van der Waals surface area contributed by atoms with Crippen LogP contribution in [-0.4, -0.2) is 10.7 Å². The zero-order chi connectivity index (χ0) is 20.8. The Morgan fingerprint density at radius 2 is 1.53 bits per heavy atom. The molecule has 5 heteroatoms. The first-order valence-corrected chi connectivity index (χ1v) is 9.95. The molecular weight excluding hydrogens is 377 g/mol. The van der Waals surface area contributed by atoms with Crippen LogP contribution in [0.15, 0.2) is 94.4 Å². The number of nitrogens with one attached hydrogen (secondary N) is 1. The molecule has 1 heterocycles. The standard InChI is InChI=1S/C25H22FN3O/c1-2-9-22(18-14-16-21(26)17-15-18)28-29-25-27-23(19-10-5-3-6-11-19)24(30-25)20-12-7-4-8-13-20/h3-8,10-17H,2,9H2,1H3,(H,27,29)/b28-22+. The van der Waals surface area contributed by atoms with Crippen LogP contribution in [0.3, 0.4) is 0 Å². The number of rotatable bonds is 7. The molecule has 0 aliphatic rings. The molecule has 0 radical (unpaired) electrons. The van der Waals surface area contributed by atoms with Crippen LogP contribution in [0, 0.1) is 5.82 Å². The molecule has 0 spiro atoms. The van der Waals surface area contributed by atoms with Gasteiger partial charge in [0, 0.05) is 11.1 Å². The maximum Gasteiger partial charge on any atom is 0.316 e. The normalized spacial score (nSPS) is 11.5. The third-order valence-electron chi connectivity index (χ3n) is 4.66. The Morgan fingerprint density at radius 3 is 2.17 bits per heavy atom. The monoisotopic (exact) mass is 399 g/mol. The van der Waals surface area contributed by atoms with E-state index in [0.29, 0.717) is 11.8 Å². The van der Waals surface area contributed by atoms with Crippen molar-refractivity contribution < 1.29 is 8.81 Å². The maximum absolute atomic E-state index is 13.3. The van der Waals surface area contributed by atoms with E-state index < -0.39 is 0 Å². The highest BCUT2D eigenvalue weighted by Crippen LogP contribution is 2.34. The zero-order valence-electron chi connectivity index (χ0n) is 16.7. The lowest BCUT2D eigenvalue weighted by Crippen LogP contribution is -2.04. The van der Waals surface area contributed by atoms with Crippen molar-refractivity contribution in [2.24, 2.45) is 5.10 Å². The first-order valence-electron chi connectivity index (χ1n) is 9.95. The van der Waals surface area contributed by atoms with Gasteiger partial charge in [-0.25, -0.2) is 9.82 Å². The van der Waals surface area contributed by atoms with Crippen LogP contribution in [-0.2, 0) is 0 Å². The van der Waals surface area contributed by atoms with Crippen molar-refractivity contribution >= 4 is 11.7 Å². The van der Waals surface area contributed by atoms with Crippen molar-refractivity contribution in [2.75, 3.05) is 5.43 Å². The van der Waals surface area contributed by atoms with Crippen LogP contribution in [0.2, 0.25) is 0 Å². The van der Waals surface area contributed by atoms with E-state index in [1.165, 1.54) is 12.1 Å². The zero-order valence-corrected chi connectivity index (χ0v) is 16.7. The number of halogens is 1. The Kier molecular flexibility index (Phi) is 5.99. The molecule has 4 rings (SSSR count). The molecule has 4 aromatic rings. The summed E-state index contributed by atoms with van der Waals surface area (Å²) in [6, 6.07) is 26.4. The minimum atomic E-state index is -0.268. The van der Waals surface area contributed by atoms with E-state index in [4.69, 9.17) is 4.42 Å². The fourth-order valence-electron chi connectivity index (χ4n) is 3.20. The summed E-state index contributed by atoms with van der Waals surface area (Å²) in [7, 11) is 0. The highest BCUT2D eigenvalue weighted by Gasteiger charge is 2.17. The number of benzene rings is 3. The second kappa shape index (κ2) is 9.18. The lowest BCUT2D eigenvalue weighted by Gasteiger charge is -2.05. The summed E-state index contributed by atoms with van der Waals surface area (Å²) in [5, 5.41) is 4.51. The molecule has 1 N–H and O–H groups in total. The molecule has 0 atom stereocenters. The van der Waals surface area contributed by atoms with E-state index in [2.05, 4.69) is 22.4 Å². The Hall–Kier alpha value is -3.73. The number of hydrogen-bond donors (Lipinski definition) is 1. The third kappa shape index (κ3) is 4.46. The highest BCUT2D eigenvalue weighted by molar-refractivity contribution is 6.00. The van der Waals surface area contributed by atoms with E-state index >= 15 is 0 Å². The molecule has 30 heavy (non-hydrogen) atoms. The van der Waals surface area contributed by atoms with Gasteiger partial charge in [-0.15, -0.1) is 0 Å². The molecular formula is C25H22FN3O. The van der Waals surface area contributed by atoms with Crippen molar-refractivity contribution in [3.63, 3.8) is 0 Å². The van der Waals surface area contributed by atoms with E-state index in [9.17, 15) is 4.39 Å². The second-order valence-electron chi connectivity index (χ2n) is 6.86. The molecule has 0 fully saturated rings. The molecule has 0 saturated heterocycles. The average molecular weight is 399 g/mol. The third-order valence-corrected chi connectivity index (χ3v) is 4.66. The first kappa shape index (κ1) is 19.6. The molecule has 0 aliphatic carbocycles. The van der Waals surface area contributed by atoms with Crippen molar-refractivity contribution in [3.05, 3.63) is 96.3 Å². The summed E-state index contributed by atoms with van der Waals surface area (Å²) >= 11 is 0. The summed E-state index contributed by atoms with van der Waals surface area (Å²) in [5.41, 5.74) is 7.29. The Bertz CT molecular complexity index is 1060. The predicted molar refractivity (Wildman–Crippen MR) is 119 cm³/mol. The highest BCUT2D eigenvalue weighted by atomic mass is 19.1. The number of nitrogens with zero attached hydrogens (tertiary/aromatic N) is 2. The molecule has 0 amide bonds. The van der Waals surface area contributed by atoms with E-state index in [0.717, 1.165) is 40.9 Å². The van der Waals surface area contributed by atoms with E-state index in [1.54, 1.807) is 12.1 Å². The predicted octanol–water partition coefficient (Wildman–Crippen LogP) is 6.76. The first-order chi connectivity index (χ1) is 14.7. The minimum absolute atomic E-state index is 0.268. The van der Waals surface area contributed by atoms with Crippen LogP contribution < -0.4 is 5.43 Å². The van der Waals surface area contributed by atoms with Crippen molar-refractivity contribution in [3.8, 4) is 22.6 Å². The molecule has 0 bridgehead atoms. The summed E-state index contributed by atoms with van der Waals surface area (Å²) < 4.78 is 19.3. The van der Waals surface area contributed by atoms with Gasteiger partial charge in [0.25, 0.3) is 0 Å². The Balaban J connectivity index is 1.69. The van der Waals surface area contributed by atoms with Gasteiger partial charge in [0.15, 0.2) is 5.76 Å². The molecule has 0 aliphatic heterocycles. The van der Waals surface area contributed by atoms with Gasteiger partial charge in [-0.2, -0.15) is 10.1 Å². The van der Waals surface area contributed by atoms with Crippen molar-refractivity contribution in [2.45, 2.75) is 19.8 Å². The van der Waals surface area contributed by atoms with Crippen LogP contribution in [0.1, 0.15) is 25.3 Å². The van der Waals surface area contributed by atoms with Crippen LogP contribution in [0.25, 0.3) is 22.6 Å². The SMILES string of the molecule is CCC/C(=N\Nc1nc(-c2ccccc2)c(-c2ccccc2)o1)c1ccc(F)cc1. The summed E-state index contributed by atoms with van der Waals surface area (Å²) in [6.45, 7) is 2.07. The van der Waals surface area contributed by atoms with Crippen molar-refractivity contribution in [1.29, 1.82) is 0 Å². The van der Waals surface area contributed by atoms with Crippen molar-refractivity contribution in [1.82, 2.24) is 4.98 Å². The topological polar surface area (TPSA) is 50.4 Å². The second-order valence-corrected chi connectivity index (χ2v) is 6.86. The molecule has 150 valence electrons. The minimum Gasteiger partial charge on any atom is -0.422 e. The van der Waals surface area contributed by atoms with E-state index in [1.807, 2.05) is 60.7 Å². The van der Waals surface area contributed by atoms with Gasteiger partial charge < -0.3 is 4.42 Å². The van der Waals surface area contributed by atoms with Gasteiger partial charge >= 0.3 is 6.01 Å². The fraction of sp³-hybridized carbons (Fsp3) is 0.120. The van der Waals surface area contributed by atoms with Gasteiger partial charge in [0.05, 0.1) is 5.71 Å². The molecule has 3 aromatic carbocycles. The van der Waals surface area contributed by atoms with E-state index in [-0.39, 0.29) is 5.82 Å². The number of anilines is 1. The lowest BCUT2D eigenvalue weighted by molar-refractivity contribution is 0.587. The number of oxazole rings is 1. The molecule has 0 unspecified atom stereocenters. The molecule has 1 aromatic heterocycles. The number of hydrazone groups is 1.